The molecule has 2 rings (SSSR count). The molecule has 0 aliphatic carbocycles. The topological polar surface area (TPSA) is 12.0 Å². The Morgan fingerprint density at radius 2 is 2.00 bits per heavy atom. The minimum atomic E-state index is -1.12. The summed E-state index contributed by atoms with van der Waals surface area (Å²) in [6.45, 7) is 1.24. The molecule has 1 aliphatic rings. The normalized spacial score (nSPS) is 29.1. The van der Waals surface area contributed by atoms with E-state index in [9.17, 15) is 4.39 Å². The smallest absolute Gasteiger partial charge is 0.149 e. The van der Waals surface area contributed by atoms with Crippen LogP contribution in [-0.4, -0.2) is 13.1 Å². The van der Waals surface area contributed by atoms with Crippen LogP contribution < -0.4 is 5.32 Å². The minimum Gasteiger partial charge on any atom is -0.313 e. The van der Waals surface area contributed by atoms with Crippen molar-refractivity contribution in [3.05, 3.63) is 35.9 Å². The van der Waals surface area contributed by atoms with Crippen LogP contribution >= 0.6 is 0 Å². The molecule has 1 aromatic rings. The van der Waals surface area contributed by atoms with Gasteiger partial charge in [-0.2, -0.15) is 0 Å². The van der Waals surface area contributed by atoms with Gasteiger partial charge in [-0.05, 0) is 18.5 Å². The highest BCUT2D eigenvalue weighted by molar-refractivity contribution is 5.24. The standard InChI is InChI=1S/C10H12FN/c11-10(6-7-12-8-10)9-4-2-1-3-5-9/h1-5,12H,6-8H2/t10-/m0/s1. The monoisotopic (exact) mass is 165 g/mol. The van der Waals surface area contributed by atoms with Crippen LogP contribution in [0.1, 0.15) is 12.0 Å². The van der Waals surface area contributed by atoms with E-state index in [1.54, 1.807) is 0 Å². The van der Waals surface area contributed by atoms with Gasteiger partial charge in [-0.1, -0.05) is 30.3 Å². The van der Waals surface area contributed by atoms with E-state index in [1.165, 1.54) is 0 Å². The second kappa shape index (κ2) is 2.87. The Labute approximate surface area is 71.6 Å². The van der Waals surface area contributed by atoms with Crippen LogP contribution in [-0.2, 0) is 5.67 Å². The molecule has 2 heteroatoms. The van der Waals surface area contributed by atoms with Gasteiger partial charge in [0.1, 0.15) is 5.67 Å². The van der Waals surface area contributed by atoms with E-state index in [-0.39, 0.29) is 0 Å². The number of rotatable bonds is 1. The fourth-order valence-corrected chi connectivity index (χ4v) is 1.64. The second-order valence-electron chi connectivity index (χ2n) is 3.26. The summed E-state index contributed by atoms with van der Waals surface area (Å²) in [4.78, 5) is 0. The molecule has 0 amide bonds. The van der Waals surface area contributed by atoms with Crippen molar-refractivity contribution in [2.45, 2.75) is 12.1 Å². The molecule has 1 atom stereocenters. The van der Waals surface area contributed by atoms with Crippen LogP contribution in [0.3, 0.4) is 0 Å². The Kier molecular flexibility index (Phi) is 1.85. The van der Waals surface area contributed by atoms with Gasteiger partial charge in [0.25, 0.3) is 0 Å². The largest absolute Gasteiger partial charge is 0.313 e. The average molecular weight is 165 g/mol. The van der Waals surface area contributed by atoms with E-state index in [4.69, 9.17) is 0 Å². The fraction of sp³-hybridized carbons (Fsp3) is 0.400. The Bertz CT molecular complexity index is 252. The summed E-state index contributed by atoms with van der Waals surface area (Å²) in [5.74, 6) is 0. The molecule has 1 nitrogen and oxygen atoms in total. The van der Waals surface area contributed by atoms with Crippen molar-refractivity contribution in [3.63, 3.8) is 0 Å². The Morgan fingerprint density at radius 1 is 1.25 bits per heavy atom. The molecule has 0 unspecified atom stereocenters. The van der Waals surface area contributed by atoms with Crippen molar-refractivity contribution >= 4 is 0 Å². The van der Waals surface area contributed by atoms with Gasteiger partial charge in [-0.3, -0.25) is 0 Å². The van der Waals surface area contributed by atoms with Gasteiger partial charge in [0.2, 0.25) is 0 Å². The molecule has 1 N–H and O–H groups in total. The lowest BCUT2D eigenvalue weighted by atomic mass is 9.95. The third kappa shape index (κ3) is 1.23. The molecule has 64 valence electrons. The molecule has 0 spiro atoms. The fourth-order valence-electron chi connectivity index (χ4n) is 1.64. The van der Waals surface area contributed by atoms with E-state index < -0.39 is 5.67 Å². The first-order valence-corrected chi connectivity index (χ1v) is 4.26. The van der Waals surface area contributed by atoms with Crippen molar-refractivity contribution in [3.8, 4) is 0 Å². The lowest BCUT2D eigenvalue weighted by Gasteiger charge is -2.17. The molecule has 1 fully saturated rings. The van der Waals surface area contributed by atoms with Gasteiger partial charge >= 0.3 is 0 Å². The van der Waals surface area contributed by atoms with Crippen molar-refractivity contribution < 1.29 is 4.39 Å². The highest BCUT2D eigenvalue weighted by Crippen LogP contribution is 2.31. The maximum absolute atomic E-state index is 14.0. The first-order chi connectivity index (χ1) is 5.81. The first-order valence-electron chi connectivity index (χ1n) is 4.26. The Hall–Kier alpha value is -0.890. The Balaban J connectivity index is 2.29. The maximum Gasteiger partial charge on any atom is 0.149 e. The van der Waals surface area contributed by atoms with Gasteiger partial charge in [-0.15, -0.1) is 0 Å². The zero-order valence-corrected chi connectivity index (χ0v) is 6.89. The average Bonchev–Trinajstić information content (AvgIpc) is 2.55. The SMILES string of the molecule is F[C@@]1(c2ccccc2)CCNC1. The summed E-state index contributed by atoms with van der Waals surface area (Å²) in [5.41, 5.74) is -0.323. The van der Waals surface area contributed by atoms with E-state index >= 15 is 0 Å². The van der Waals surface area contributed by atoms with Crippen LogP contribution in [0, 0.1) is 0 Å². The summed E-state index contributed by atoms with van der Waals surface area (Å²) in [6, 6.07) is 9.39. The van der Waals surface area contributed by atoms with E-state index in [0.717, 1.165) is 12.1 Å². The molecule has 1 aromatic carbocycles. The Morgan fingerprint density at radius 3 is 2.58 bits per heavy atom. The quantitative estimate of drug-likeness (QED) is 0.669. The van der Waals surface area contributed by atoms with Crippen LogP contribution in [0.2, 0.25) is 0 Å². The predicted octanol–water partition coefficient (Wildman–Crippen LogP) is 1.84. The molecule has 0 bridgehead atoms. The van der Waals surface area contributed by atoms with E-state index in [0.29, 0.717) is 13.0 Å². The molecular weight excluding hydrogens is 153 g/mol. The summed E-state index contributed by atoms with van der Waals surface area (Å²) in [6.07, 6.45) is 0.594. The third-order valence-corrected chi connectivity index (χ3v) is 2.39. The molecule has 12 heavy (non-hydrogen) atoms. The van der Waals surface area contributed by atoms with Crippen LogP contribution in [0.5, 0.6) is 0 Å². The van der Waals surface area contributed by atoms with Crippen molar-refractivity contribution in [2.24, 2.45) is 0 Å². The number of hydrogen-bond acceptors (Lipinski definition) is 1. The predicted molar refractivity (Wildman–Crippen MR) is 46.7 cm³/mol. The minimum absolute atomic E-state index is 0.455. The highest BCUT2D eigenvalue weighted by atomic mass is 19.1. The molecule has 0 aromatic heterocycles. The summed E-state index contributed by atoms with van der Waals surface area (Å²) >= 11 is 0. The zero-order valence-electron chi connectivity index (χ0n) is 6.89. The van der Waals surface area contributed by atoms with E-state index in [1.807, 2.05) is 30.3 Å². The molecule has 1 heterocycles. The third-order valence-electron chi connectivity index (χ3n) is 2.39. The van der Waals surface area contributed by atoms with Crippen LogP contribution in [0.25, 0.3) is 0 Å². The van der Waals surface area contributed by atoms with Crippen LogP contribution in [0.15, 0.2) is 30.3 Å². The van der Waals surface area contributed by atoms with Gasteiger partial charge in [0.05, 0.1) is 0 Å². The summed E-state index contributed by atoms with van der Waals surface area (Å²) in [5, 5.41) is 3.04. The number of hydrogen-bond donors (Lipinski definition) is 1. The lowest BCUT2D eigenvalue weighted by Crippen LogP contribution is -2.22. The molecular formula is C10H12FN. The number of halogens is 1. The molecule has 0 radical (unpaired) electrons. The lowest BCUT2D eigenvalue weighted by molar-refractivity contribution is 0.193. The van der Waals surface area contributed by atoms with E-state index in [2.05, 4.69) is 5.32 Å². The van der Waals surface area contributed by atoms with Gasteiger partial charge in [-0.25, -0.2) is 4.39 Å². The van der Waals surface area contributed by atoms with Crippen molar-refractivity contribution in [1.29, 1.82) is 0 Å². The number of benzene rings is 1. The first kappa shape index (κ1) is 7.74. The summed E-state index contributed by atoms with van der Waals surface area (Å²) < 4.78 is 14.0. The molecule has 0 saturated carbocycles. The van der Waals surface area contributed by atoms with Crippen molar-refractivity contribution in [1.82, 2.24) is 5.32 Å². The van der Waals surface area contributed by atoms with Gasteiger partial charge in [0.15, 0.2) is 0 Å². The van der Waals surface area contributed by atoms with Gasteiger partial charge < -0.3 is 5.32 Å². The number of alkyl halides is 1. The molecule has 1 saturated heterocycles. The van der Waals surface area contributed by atoms with Gasteiger partial charge in [0, 0.05) is 6.54 Å². The summed E-state index contributed by atoms with van der Waals surface area (Å²) in [7, 11) is 0. The van der Waals surface area contributed by atoms with Crippen LogP contribution in [0.4, 0.5) is 4.39 Å². The zero-order chi connectivity index (χ0) is 8.44. The highest BCUT2D eigenvalue weighted by Gasteiger charge is 2.34. The van der Waals surface area contributed by atoms with Crippen molar-refractivity contribution in [2.75, 3.05) is 13.1 Å². The maximum atomic E-state index is 14.0. The molecule has 1 aliphatic heterocycles. The number of nitrogens with one attached hydrogen (secondary N) is 1. The second-order valence-corrected chi connectivity index (χ2v) is 3.26.